The Morgan fingerprint density at radius 2 is 1.93 bits per heavy atom. The topological polar surface area (TPSA) is 64.6 Å². The lowest BCUT2D eigenvalue weighted by atomic mass is 10.2. The van der Waals surface area contributed by atoms with E-state index < -0.39 is 0 Å². The second-order valence-electron chi connectivity index (χ2n) is 6.11. The number of thiophene rings is 1. The lowest BCUT2D eigenvalue weighted by Gasteiger charge is -2.17. The van der Waals surface area contributed by atoms with Gasteiger partial charge in [-0.25, -0.2) is 4.98 Å². The van der Waals surface area contributed by atoms with Gasteiger partial charge in [0.1, 0.15) is 11.4 Å². The molecule has 0 aliphatic heterocycles. The van der Waals surface area contributed by atoms with Gasteiger partial charge in [-0.2, -0.15) is 4.98 Å². The molecule has 0 saturated heterocycles. The molecule has 0 bridgehead atoms. The number of fused-ring (bicyclic) bond motifs is 1. The molecule has 2 heterocycles. The second-order valence-corrected chi connectivity index (χ2v) is 8.02. The van der Waals surface area contributed by atoms with Crippen molar-refractivity contribution in [3.05, 3.63) is 50.6 Å². The van der Waals surface area contributed by atoms with E-state index in [-0.39, 0.29) is 12.5 Å². The largest absolute Gasteiger partial charge is 0.480 e. The molecule has 8 heteroatoms. The third-order valence-electron chi connectivity index (χ3n) is 4.14. The maximum atomic E-state index is 13.0. The highest BCUT2D eigenvalue weighted by Crippen LogP contribution is 2.35. The minimum Gasteiger partial charge on any atom is -0.480 e. The third kappa shape index (κ3) is 4.12. The molecule has 0 atom stereocenters. The number of hydrogen-bond acceptors (Lipinski definition) is 6. The number of hydrogen-bond donors (Lipinski definition) is 0. The zero-order chi connectivity index (χ0) is 19.6. The molecule has 3 aromatic rings. The van der Waals surface area contributed by atoms with Crippen LogP contribution in [0.2, 0.25) is 0 Å². The van der Waals surface area contributed by atoms with Crippen LogP contribution >= 0.6 is 27.3 Å². The average molecular weight is 450 g/mol. The molecule has 0 saturated carbocycles. The fourth-order valence-corrected chi connectivity index (χ4v) is 4.25. The van der Waals surface area contributed by atoms with Crippen molar-refractivity contribution in [2.75, 3.05) is 21.3 Å². The molecule has 3 rings (SSSR count). The van der Waals surface area contributed by atoms with Crippen molar-refractivity contribution in [3.8, 4) is 5.88 Å². The zero-order valence-electron chi connectivity index (χ0n) is 15.6. The first kappa shape index (κ1) is 19.7. The van der Waals surface area contributed by atoms with Gasteiger partial charge >= 0.3 is 0 Å². The van der Waals surface area contributed by atoms with E-state index in [4.69, 9.17) is 9.47 Å². The number of methoxy groups -OCH3 is 2. The Morgan fingerprint density at radius 3 is 2.56 bits per heavy atom. The van der Waals surface area contributed by atoms with E-state index >= 15 is 0 Å². The van der Waals surface area contributed by atoms with E-state index in [0.29, 0.717) is 23.1 Å². The molecular weight excluding hydrogens is 430 g/mol. The highest BCUT2D eigenvalue weighted by Gasteiger charge is 2.23. The Morgan fingerprint density at radius 1 is 1.22 bits per heavy atom. The number of halogens is 1. The molecule has 0 radical (unpaired) electrons. The van der Waals surface area contributed by atoms with Crippen LogP contribution in [-0.2, 0) is 17.9 Å². The first-order valence-corrected chi connectivity index (χ1v) is 9.88. The van der Waals surface area contributed by atoms with Gasteiger partial charge in [0.2, 0.25) is 5.88 Å². The predicted octanol–water partition coefficient (Wildman–Crippen LogP) is 4.19. The number of aryl methyl sites for hydroxylation is 1. The summed E-state index contributed by atoms with van der Waals surface area (Å²) in [6.45, 7) is 2.72. The van der Waals surface area contributed by atoms with Crippen molar-refractivity contribution in [1.29, 1.82) is 0 Å². The van der Waals surface area contributed by atoms with Gasteiger partial charge in [0.05, 0.1) is 17.4 Å². The molecule has 0 spiro atoms. The molecule has 6 nitrogen and oxygen atoms in total. The van der Waals surface area contributed by atoms with Gasteiger partial charge in [-0.05, 0) is 30.2 Å². The van der Waals surface area contributed by atoms with Gasteiger partial charge in [0.25, 0.3) is 5.91 Å². The van der Waals surface area contributed by atoms with Crippen LogP contribution in [0.1, 0.15) is 26.6 Å². The summed E-state index contributed by atoms with van der Waals surface area (Å²) in [7, 11) is 4.95. The summed E-state index contributed by atoms with van der Waals surface area (Å²) in [6.07, 6.45) is 0. The number of benzene rings is 1. The molecule has 0 unspecified atom stereocenters. The molecule has 2 aromatic heterocycles. The molecule has 0 fully saturated rings. The van der Waals surface area contributed by atoms with Crippen LogP contribution in [0.3, 0.4) is 0 Å². The standard InChI is InChI=1S/C19H20BrN3O3S/c1-11-15-17(26-4)21-14(10-25-3)22-18(15)27-16(11)19(24)23(2)9-12-5-7-13(20)8-6-12/h5-8H,9-10H2,1-4H3. The monoisotopic (exact) mass is 449 g/mol. The summed E-state index contributed by atoms with van der Waals surface area (Å²) in [5.41, 5.74) is 1.90. The van der Waals surface area contributed by atoms with Gasteiger partial charge in [0, 0.05) is 25.2 Å². The van der Waals surface area contributed by atoms with Crippen molar-refractivity contribution in [2.45, 2.75) is 20.1 Å². The zero-order valence-corrected chi connectivity index (χ0v) is 18.0. The minimum atomic E-state index is -0.0474. The molecule has 0 N–H and O–H groups in total. The first-order chi connectivity index (χ1) is 12.9. The van der Waals surface area contributed by atoms with Crippen LogP contribution in [0.25, 0.3) is 10.2 Å². The minimum absolute atomic E-state index is 0.0474. The van der Waals surface area contributed by atoms with Gasteiger partial charge in [-0.1, -0.05) is 28.1 Å². The summed E-state index contributed by atoms with van der Waals surface area (Å²) in [5, 5.41) is 0.780. The Labute approximate surface area is 170 Å². The molecule has 1 aromatic carbocycles. The third-order valence-corrected chi connectivity index (χ3v) is 5.85. The van der Waals surface area contributed by atoms with Gasteiger partial charge in [-0.3, -0.25) is 4.79 Å². The number of amides is 1. The van der Waals surface area contributed by atoms with Crippen molar-refractivity contribution in [1.82, 2.24) is 14.9 Å². The number of rotatable bonds is 6. The van der Waals surface area contributed by atoms with E-state index in [2.05, 4.69) is 25.9 Å². The van der Waals surface area contributed by atoms with Crippen molar-refractivity contribution >= 4 is 43.4 Å². The number of aromatic nitrogens is 2. The molecule has 142 valence electrons. The van der Waals surface area contributed by atoms with Crippen LogP contribution in [0.4, 0.5) is 0 Å². The highest BCUT2D eigenvalue weighted by atomic mass is 79.9. The van der Waals surface area contributed by atoms with Crippen molar-refractivity contribution < 1.29 is 14.3 Å². The predicted molar refractivity (Wildman–Crippen MR) is 109 cm³/mol. The van der Waals surface area contributed by atoms with Crippen LogP contribution < -0.4 is 4.74 Å². The summed E-state index contributed by atoms with van der Waals surface area (Å²) in [6, 6.07) is 7.93. The number of ether oxygens (including phenoxy) is 2. The van der Waals surface area contributed by atoms with Crippen LogP contribution in [0, 0.1) is 6.92 Å². The van der Waals surface area contributed by atoms with E-state index in [1.54, 1.807) is 26.2 Å². The summed E-state index contributed by atoms with van der Waals surface area (Å²) < 4.78 is 11.6. The fourth-order valence-electron chi connectivity index (χ4n) is 2.80. The van der Waals surface area contributed by atoms with Gasteiger partial charge in [0.15, 0.2) is 5.82 Å². The van der Waals surface area contributed by atoms with Crippen LogP contribution in [0.5, 0.6) is 5.88 Å². The fraction of sp³-hybridized carbons (Fsp3) is 0.316. The van der Waals surface area contributed by atoms with E-state index in [9.17, 15) is 4.79 Å². The molecule has 27 heavy (non-hydrogen) atoms. The van der Waals surface area contributed by atoms with E-state index in [1.165, 1.54) is 11.3 Å². The van der Waals surface area contributed by atoms with Gasteiger partial charge in [-0.15, -0.1) is 11.3 Å². The SMILES string of the molecule is COCc1nc(OC)c2c(C)c(C(=O)N(C)Cc3ccc(Br)cc3)sc2n1. The Kier molecular flexibility index (Phi) is 6.08. The lowest BCUT2D eigenvalue weighted by molar-refractivity contribution is 0.0789. The molecule has 0 aliphatic carbocycles. The van der Waals surface area contributed by atoms with Crippen LogP contribution in [0.15, 0.2) is 28.7 Å². The maximum absolute atomic E-state index is 13.0. The average Bonchev–Trinajstić information content (AvgIpc) is 2.99. The van der Waals surface area contributed by atoms with Crippen molar-refractivity contribution in [2.24, 2.45) is 0 Å². The molecular formula is C19H20BrN3O3S. The number of nitrogens with zero attached hydrogens (tertiary/aromatic N) is 3. The second kappa shape index (κ2) is 8.33. The van der Waals surface area contributed by atoms with E-state index in [0.717, 1.165) is 25.8 Å². The quantitative estimate of drug-likeness (QED) is 0.564. The first-order valence-electron chi connectivity index (χ1n) is 8.27. The normalized spacial score (nSPS) is 11.0. The Balaban J connectivity index is 1.94. The lowest BCUT2D eigenvalue weighted by Crippen LogP contribution is -2.25. The summed E-state index contributed by atoms with van der Waals surface area (Å²) >= 11 is 4.78. The van der Waals surface area contributed by atoms with Gasteiger partial charge < -0.3 is 14.4 Å². The molecule has 0 aliphatic rings. The smallest absolute Gasteiger partial charge is 0.264 e. The Hall–Kier alpha value is -2.03. The highest BCUT2D eigenvalue weighted by molar-refractivity contribution is 9.10. The van der Waals surface area contributed by atoms with E-state index in [1.807, 2.05) is 31.2 Å². The number of carbonyl (C=O) groups is 1. The molecule has 1 amide bonds. The maximum Gasteiger partial charge on any atom is 0.264 e. The van der Waals surface area contributed by atoms with Crippen LogP contribution in [-0.4, -0.2) is 42.0 Å². The summed E-state index contributed by atoms with van der Waals surface area (Å²) in [4.78, 5) is 25.0. The number of carbonyl (C=O) groups excluding carboxylic acids is 1. The van der Waals surface area contributed by atoms with Crippen molar-refractivity contribution in [3.63, 3.8) is 0 Å². The Bertz CT molecular complexity index is 972. The summed E-state index contributed by atoms with van der Waals surface area (Å²) in [5.74, 6) is 0.953.